The highest BCUT2D eigenvalue weighted by molar-refractivity contribution is 5.97. The molecule has 32 heavy (non-hydrogen) atoms. The van der Waals surface area contributed by atoms with Crippen molar-refractivity contribution in [2.45, 2.75) is 36.8 Å². The minimum absolute atomic E-state index is 0.0415. The van der Waals surface area contributed by atoms with Crippen LogP contribution < -0.4 is 4.90 Å². The first-order chi connectivity index (χ1) is 15.3. The Hall–Kier alpha value is -2.86. The fourth-order valence-electron chi connectivity index (χ4n) is 5.42. The largest absolute Gasteiger partial charge is 0.347 e. The Morgan fingerprint density at radius 2 is 1.44 bits per heavy atom. The molecule has 3 amide bonds. The number of carbonyl (C=O) groups is 2. The van der Waals surface area contributed by atoms with Crippen LogP contribution in [-0.2, 0) is 10.3 Å². The number of urea groups is 1. The van der Waals surface area contributed by atoms with E-state index in [9.17, 15) is 9.59 Å². The van der Waals surface area contributed by atoms with E-state index in [1.807, 2.05) is 40.1 Å². The van der Waals surface area contributed by atoms with Crippen molar-refractivity contribution < 1.29 is 9.59 Å². The molecule has 0 aromatic heterocycles. The highest BCUT2D eigenvalue weighted by Crippen LogP contribution is 2.49. The lowest BCUT2D eigenvalue weighted by atomic mass is 9.68. The molecule has 1 saturated carbocycles. The minimum atomic E-state index is -0.340. The van der Waals surface area contributed by atoms with Crippen LogP contribution in [0, 0.1) is 0 Å². The molecule has 1 aliphatic carbocycles. The molecule has 6 heteroatoms. The normalized spacial score (nSPS) is 25.6. The Kier molecular flexibility index (Phi) is 5.99. The summed E-state index contributed by atoms with van der Waals surface area (Å²) in [6.07, 6.45) is 3.59. The number of hydrogen-bond donors (Lipinski definition) is 0. The van der Waals surface area contributed by atoms with Crippen LogP contribution in [0.2, 0.25) is 0 Å². The molecule has 0 bridgehead atoms. The number of nitrogens with zero attached hydrogens (tertiary/aromatic N) is 4. The summed E-state index contributed by atoms with van der Waals surface area (Å²) >= 11 is 0. The third-order valence-electron chi connectivity index (χ3n) is 7.52. The number of hydrogen-bond acceptors (Lipinski definition) is 3. The van der Waals surface area contributed by atoms with Crippen molar-refractivity contribution in [2.75, 3.05) is 46.2 Å². The van der Waals surface area contributed by atoms with Crippen molar-refractivity contribution >= 4 is 17.6 Å². The summed E-state index contributed by atoms with van der Waals surface area (Å²) in [6.45, 7) is 0.740. The highest BCUT2D eigenvalue weighted by Gasteiger charge is 2.55. The van der Waals surface area contributed by atoms with Gasteiger partial charge < -0.3 is 9.80 Å². The molecule has 2 fully saturated rings. The van der Waals surface area contributed by atoms with E-state index in [1.54, 1.807) is 19.0 Å². The number of benzene rings is 2. The number of likely N-dealkylation sites (N-methyl/N-ethyl adjacent to an activating group) is 1. The first kappa shape index (κ1) is 22.3. The van der Waals surface area contributed by atoms with E-state index in [4.69, 9.17) is 0 Å². The maximum absolute atomic E-state index is 13.6. The zero-order valence-corrected chi connectivity index (χ0v) is 19.6. The highest BCUT2D eigenvalue weighted by atomic mass is 16.2. The Balaban J connectivity index is 1.66. The Morgan fingerprint density at radius 1 is 0.875 bits per heavy atom. The van der Waals surface area contributed by atoms with Crippen LogP contribution in [0.15, 0.2) is 60.7 Å². The molecule has 0 unspecified atom stereocenters. The summed E-state index contributed by atoms with van der Waals surface area (Å²) in [6, 6.07) is 20.4. The van der Waals surface area contributed by atoms with Crippen LogP contribution in [0.5, 0.6) is 0 Å². The van der Waals surface area contributed by atoms with Gasteiger partial charge in [0.1, 0.15) is 6.54 Å². The van der Waals surface area contributed by atoms with E-state index in [0.717, 1.165) is 31.4 Å². The van der Waals surface area contributed by atoms with Gasteiger partial charge >= 0.3 is 6.03 Å². The lowest BCUT2D eigenvalue weighted by Crippen LogP contribution is -2.57. The van der Waals surface area contributed by atoms with E-state index >= 15 is 0 Å². The number of amides is 3. The second-order valence-corrected chi connectivity index (χ2v) is 9.59. The van der Waals surface area contributed by atoms with Gasteiger partial charge in [-0.1, -0.05) is 48.5 Å². The fourth-order valence-corrected chi connectivity index (χ4v) is 5.42. The Labute approximate surface area is 191 Å². The molecule has 2 aliphatic rings. The second-order valence-electron chi connectivity index (χ2n) is 9.59. The van der Waals surface area contributed by atoms with Crippen LogP contribution in [0.1, 0.15) is 31.2 Å². The van der Waals surface area contributed by atoms with Crippen molar-refractivity contribution in [3.05, 3.63) is 66.2 Å². The van der Waals surface area contributed by atoms with Crippen LogP contribution in [-0.4, -0.2) is 73.5 Å². The van der Waals surface area contributed by atoms with Crippen molar-refractivity contribution in [3.8, 4) is 0 Å². The van der Waals surface area contributed by atoms with E-state index in [-0.39, 0.29) is 29.6 Å². The molecular weight excluding hydrogens is 400 g/mol. The van der Waals surface area contributed by atoms with E-state index in [0.29, 0.717) is 6.54 Å². The van der Waals surface area contributed by atoms with Gasteiger partial charge in [-0.15, -0.1) is 0 Å². The molecule has 0 N–H and O–H groups in total. The van der Waals surface area contributed by atoms with Gasteiger partial charge in [0.05, 0.1) is 12.1 Å². The van der Waals surface area contributed by atoms with Gasteiger partial charge in [-0.05, 0) is 57.5 Å². The van der Waals surface area contributed by atoms with E-state index < -0.39 is 0 Å². The molecular formula is C26H34N4O2. The summed E-state index contributed by atoms with van der Waals surface area (Å²) in [4.78, 5) is 33.9. The first-order valence-corrected chi connectivity index (χ1v) is 11.4. The lowest BCUT2D eigenvalue weighted by Gasteiger charge is -2.51. The molecule has 0 radical (unpaired) electrons. The third-order valence-corrected chi connectivity index (χ3v) is 7.52. The molecule has 1 saturated heterocycles. The van der Waals surface area contributed by atoms with Gasteiger partial charge in [0.2, 0.25) is 5.91 Å². The average Bonchev–Trinajstić information content (AvgIpc) is 3.07. The zero-order chi connectivity index (χ0) is 22.9. The van der Waals surface area contributed by atoms with Crippen molar-refractivity contribution in [1.29, 1.82) is 0 Å². The summed E-state index contributed by atoms with van der Waals surface area (Å²) in [5, 5.41) is 0. The number of carbonyl (C=O) groups excluding carboxylic acids is 2. The smallest absolute Gasteiger partial charge is 0.325 e. The van der Waals surface area contributed by atoms with Gasteiger partial charge in [0.25, 0.3) is 0 Å². The van der Waals surface area contributed by atoms with Crippen molar-refractivity contribution in [2.24, 2.45) is 0 Å². The number of anilines is 1. The van der Waals surface area contributed by atoms with Gasteiger partial charge in [-0.2, -0.15) is 0 Å². The predicted octanol–water partition coefficient (Wildman–Crippen LogP) is 3.79. The Morgan fingerprint density at radius 3 is 1.97 bits per heavy atom. The summed E-state index contributed by atoms with van der Waals surface area (Å²) in [5.74, 6) is -0.0415. The first-order valence-electron chi connectivity index (χ1n) is 11.4. The van der Waals surface area contributed by atoms with Crippen LogP contribution in [0.25, 0.3) is 0 Å². The maximum Gasteiger partial charge on any atom is 0.325 e. The van der Waals surface area contributed by atoms with Crippen LogP contribution in [0.4, 0.5) is 10.5 Å². The SMILES string of the molecule is CN(C)C(=O)CN1C(=O)N(c2ccccc2)C[C@]12CC[C@](c1ccccc1)(N(C)C)CC2. The van der Waals surface area contributed by atoms with Crippen LogP contribution >= 0.6 is 0 Å². The summed E-state index contributed by atoms with van der Waals surface area (Å²) in [7, 11) is 7.79. The van der Waals surface area contributed by atoms with E-state index in [1.165, 1.54) is 5.56 Å². The second kappa shape index (κ2) is 8.58. The van der Waals surface area contributed by atoms with Crippen molar-refractivity contribution in [3.63, 3.8) is 0 Å². The Bertz CT molecular complexity index is 950. The average molecular weight is 435 g/mol. The molecule has 2 aromatic carbocycles. The number of para-hydroxylation sites is 1. The molecule has 4 rings (SSSR count). The van der Waals surface area contributed by atoms with Crippen LogP contribution in [0.3, 0.4) is 0 Å². The van der Waals surface area contributed by atoms with Gasteiger partial charge in [0, 0.05) is 25.3 Å². The summed E-state index contributed by atoms with van der Waals surface area (Å²) < 4.78 is 0. The summed E-state index contributed by atoms with van der Waals surface area (Å²) in [5.41, 5.74) is 1.81. The standard InChI is InChI=1S/C26H34N4O2/c1-27(2)23(31)19-30-24(32)29(22-13-9-6-10-14-22)20-25(30)15-17-26(18-16-25,28(3)4)21-11-7-5-8-12-21/h5-14H,15-20H2,1-4H3/t25-,26+. The zero-order valence-electron chi connectivity index (χ0n) is 19.6. The molecule has 0 atom stereocenters. The molecule has 1 heterocycles. The molecule has 6 nitrogen and oxygen atoms in total. The molecule has 170 valence electrons. The van der Waals surface area contributed by atoms with E-state index in [2.05, 4.69) is 49.3 Å². The topological polar surface area (TPSA) is 47.1 Å². The quantitative estimate of drug-likeness (QED) is 0.719. The maximum atomic E-state index is 13.6. The van der Waals surface area contributed by atoms with Gasteiger partial charge in [-0.3, -0.25) is 14.6 Å². The predicted molar refractivity (Wildman–Crippen MR) is 128 cm³/mol. The van der Waals surface area contributed by atoms with Crippen molar-refractivity contribution in [1.82, 2.24) is 14.7 Å². The minimum Gasteiger partial charge on any atom is -0.347 e. The van der Waals surface area contributed by atoms with Gasteiger partial charge in [-0.25, -0.2) is 4.79 Å². The monoisotopic (exact) mass is 434 g/mol. The van der Waals surface area contributed by atoms with Gasteiger partial charge in [0.15, 0.2) is 0 Å². The lowest BCUT2D eigenvalue weighted by molar-refractivity contribution is -0.130. The fraction of sp³-hybridized carbons (Fsp3) is 0.462. The number of rotatable bonds is 5. The molecule has 1 aliphatic heterocycles. The third kappa shape index (κ3) is 3.77. The molecule has 1 spiro atoms. The molecule has 2 aromatic rings.